The molecule has 0 bridgehead atoms. The van der Waals surface area contributed by atoms with Gasteiger partial charge in [-0.05, 0) is 17.7 Å². The minimum atomic E-state index is -1.54. The predicted molar refractivity (Wildman–Crippen MR) is 102 cm³/mol. The fourth-order valence-corrected chi connectivity index (χ4v) is 3.30. The fourth-order valence-electron chi connectivity index (χ4n) is 3.30. The van der Waals surface area contributed by atoms with Gasteiger partial charge in [0.1, 0.15) is 42.0 Å². The molecule has 0 aliphatic carbocycles. The lowest BCUT2D eigenvalue weighted by molar-refractivity contribution is -0.277. The van der Waals surface area contributed by atoms with Gasteiger partial charge >= 0.3 is 0 Å². The van der Waals surface area contributed by atoms with Crippen LogP contribution in [0.25, 0.3) is 22.1 Å². The van der Waals surface area contributed by atoms with Crippen LogP contribution < -0.4 is 10.2 Å². The van der Waals surface area contributed by atoms with Crippen molar-refractivity contribution in [3.8, 4) is 16.9 Å². The normalized spacial score (nSPS) is 27.1. The van der Waals surface area contributed by atoms with Crippen molar-refractivity contribution in [3.63, 3.8) is 0 Å². The smallest absolute Gasteiger partial charge is 0.229 e. The van der Waals surface area contributed by atoms with Crippen molar-refractivity contribution in [2.24, 2.45) is 0 Å². The molecule has 1 aliphatic rings. The molecule has 0 unspecified atom stereocenters. The maximum atomic E-state index is 12.8. The van der Waals surface area contributed by atoms with Crippen LogP contribution in [-0.4, -0.2) is 57.7 Å². The van der Waals surface area contributed by atoms with Gasteiger partial charge in [-0.2, -0.15) is 0 Å². The van der Waals surface area contributed by atoms with Crippen molar-refractivity contribution >= 4 is 11.0 Å². The molecule has 8 heteroatoms. The number of aliphatic hydroxyl groups is 4. The number of benzene rings is 2. The van der Waals surface area contributed by atoms with Gasteiger partial charge in [0.15, 0.2) is 5.43 Å². The summed E-state index contributed by atoms with van der Waals surface area (Å²) in [5, 5.41) is 39.4. The Hall–Kier alpha value is -2.75. The van der Waals surface area contributed by atoms with E-state index in [0.29, 0.717) is 10.9 Å². The van der Waals surface area contributed by atoms with E-state index < -0.39 is 37.3 Å². The van der Waals surface area contributed by atoms with Crippen LogP contribution in [-0.2, 0) is 4.74 Å². The van der Waals surface area contributed by atoms with Gasteiger partial charge in [0.2, 0.25) is 6.29 Å². The van der Waals surface area contributed by atoms with Crippen LogP contribution in [0.2, 0.25) is 0 Å². The summed E-state index contributed by atoms with van der Waals surface area (Å²) < 4.78 is 16.5. The molecule has 3 aromatic rings. The average Bonchev–Trinajstić information content (AvgIpc) is 2.75. The molecule has 5 atom stereocenters. The summed E-state index contributed by atoms with van der Waals surface area (Å²) in [6.45, 7) is -0.556. The summed E-state index contributed by atoms with van der Waals surface area (Å²) in [6.07, 6.45) is -5.57. The highest BCUT2D eigenvalue weighted by atomic mass is 16.7. The monoisotopic (exact) mass is 400 g/mol. The summed E-state index contributed by atoms with van der Waals surface area (Å²) in [6, 6.07) is 13.7. The van der Waals surface area contributed by atoms with Crippen LogP contribution in [0.15, 0.2) is 64.0 Å². The first kappa shape index (κ1) is 19.6. The Balaban J connectivity index is 1.62. The number of hydrogen-bond acceptors (Lipinski definition) is 8. The predicted octanol–water partition coefficient (Wildman–Crippen LogP) is 0.639. The van der Waals surface area contributed by atoms with Crippen LogP contribution in [0.4, 0.5) is 0 Å². The van der Waals surface area contributed by atoms with E-state index in [2.05, 4.69) is 0 Å². The molecule has 2 aromatic carbocycles. The Kier molecular flexibility index (Phi) is 5.35. The van der Waals surface area contributed by atoms with Crippen LogP contribution in [0.3, 0.4) is 0 Å². The largest absolute Gasteiger partial charge is 0.463 e. The lowest BCUT2D eigenvalue weighted by Crippen LogP contribution is -2.60. The van der Waals surface area contributed by atoms with E-state index in [-0.39, 0.29) is 16.8 Å². The molecule has 0 amide bonds. The standard InChI is InChI=1S/C21H20O8/c22-9-16-18(24)19(25)20(26)21(29-16)28-12-6-7-13-15(8-12)27-10-14(17(13)23)11-4-2-1-3-5-11/h1-8,10,16,18-22,24-26H,9H2/t16-,18-,19-,20+,21-/m1/s1. The number of fused-ring (bicyclic) bond motifs is 1. The molecule has 1 aromatic heterocycles. The summed E-state index contributed by atoms with van der Waals surface area (Å²) in [5.74, 6) is 0.220. The van der Waals surface area contributed by atoms with Gasteiger partial charge in [0.25, 0.3) is 0 Å². The Morgan fingerprint density at radius 3 is 2.45 bits per heavy atom. The zero-order valence-electron chi connectivity index (χ0n) is 15.2. The summed E-state index contributed by atoms with van der Waals surface area (Å²) in [4.78, 5) is 12.8. The lowest BCUT2D eigenvalue weighted by Gasteiger charge is -2.39. The number of rotatable bonds is 4. The molecule has 0 saturated carbocycles. The van der Waals surface area contributed by atoms with Crippen molar-refractivity contribution in [1.29, 1.82) is 0 Å². The third-order valence-electron chi connectivity index (χ3n) is 4.93. The van der Waals surface area contributed by atoms with Crippen molar-refractivity contribution in [2.45, 2.75) is 30.7 Å². The second kappa shape index (κ2) is 7.94. The van der Waals surface area contributed by atoms with E-state index in [4.69, 9.17) is 13.9 Å². The summed E-state index contributed by atoms with van der Waals surface area (Å²) in [7, 11) is 0. The first-order chi connectivity index (χ1) is 14.0. The Bertz CT molecular complexity index is 1050. The minimum Gasteiger partial charge on any atom is -0.463 e. The molecular weight excluding hydrogens is 380 g/mol. The summed E-state index contributed by atoms with van der Waals surface area (Å²) >= 11 is 0. The number of aliphatic hydroxyl groups excluding tert-OH is 4. The molecule has 29 heavy (non-hydrogen) atoms. The quantitative estimate of drug-likeness (QED) is 0.502. The first-order valence-electron chi connectivity index (χ1n) is 9.07. The Morgan fingerprint density at radius 2 is 1.72 bits per heavy atom. The SMILES string of the molecule is O=c1c(-c2ccccc2)coc2cc(O[C@@H]3O[C@H](CO)[C@@H](O)[C@@H](O)[C@@H]3O)ccc12. The second-order valence-electron chi connectivity index (χ2n) is 6.82. The van der Waals surface area contributed by atoms with Gasteiger partial charge in [0, 0.05) is 6.07 Å². The maximum Gasteiger partial charge on any atom is 0.229 e. The van der Waals surface area contributed by atoms with Gasteiger partial charge < -0.3 is 34.3 Å². The Labute approximate surface area is 165 Å². The molecule has 152 valence electrons. The average molecular weight is 400 g/mol. The molecule has 1 fully saturated rings. The third kappa shape index (κ3) is 3.64. The maximum absolute atomic E-state index is 12.8. The van der Waals surface area contributed by atoms with Gasteiger partial charge in [-0.1, -0.05) is 30.3 Å². The van der Waals surface area contributed by atoms with Gasteiger partial charge in [-0.15, -0.1) is 0 Å². The third-order valence-corrected chi connectivity index (χ3v) is 4.93. The molecule has 0 spiro atoms. The topological polar surface area (TPSA) is 130 Å². The van der Waals surface area contributed by atoms with E-state index in [1.807, 2.05) is 30.3 Å². The highest BCUT2D eigenvalue weighted by Crippen LogP contribution is 2.27. The lowest BCUT2D eigenvalue weighted by atomic mass is 9.99. The fraction of sp³-hybridized carbons (Fsp3) is 0.286. The zero-order chi connectivity index (χ0) is 20.5. The highest BCUT2D eigenvalue weighted by Gasteiger charge is 2.44. The van der Waals surface area contributed by atoms with Gasteiger partial charge in [0.05, 0.1) is 17.6 Å². The number of ether oxygens (including phenoxy) is 2. The molecule has 4 rings (SSSR count). The molecule has 0 radical (unpaired) electrons. The molecule has 8 nitrogen and oxygen atoms in total. The highest BCUT2D eigenvalue weighted by molar-refractivity contribution is 5.82. The van der Waals surface area contributed by atoms with E-state index in [1.54, 1.807) is 0 Å². The van der Waals surface area contributed by atoms with Gasteiger partial charge in [-0.25, -0.2) is 0 Å². The zero-order valence-corrected chi connectivity index (χ0v) is 15.2. The molecule has 4 N–H and O–H groups in total. The van der Waals surface area contributed by atoms with Crippen molar-refractivity contribution in [2.75, 3.05) is 6.61 Å². The van der Waals surface area contributed by atoms with Crippen molar-refractivity contribution < 1.29 is 34.3 Å². The van der Waals surface area contributed by atoms with Gasteiger partial charge in [-0.3, -0.25) is 4.79 Å². The molecular formula is C21H20O8. The molecule has 1 aliphatic heterocycles. The van der Waals surface area contributed by atoms with Crippen LogP contribution >= 0.6 is 0 Å². The number of hydrogen-bond donors (Lipinski definition) is 4. The van der Waals surface area contributed by atoms with Crippen molar-refractivity contribution in [1.82, 2.24) is 0 Å². The molecule has 2 heterocycles. The Morgan fingerprint density at radius 1 is 0.966 bits per heavy atom. The van der Waals surface area contributed by atoms with Crippen LogP contribution in [0.5, 0.6) is 5.75 Å². The minimum absolute atomic E-state index is 0.197. The van der Waals surface area contributed by atoms with Crippen LogP contribution in [0, 0.1) is 0 Å². The van der Waals surface area contributed by atoms with E-state index in [1.165, 1.54) is 24.5 Å². The second-order valence-corrected chi connectivity index (χ2v) is 6.82. The first-order valence-corrected chi connectivity index (χ1v) is 9.07. The van der Waals surface area contributed by atoms with E-state index in [0.717, 1.165) is 5.56 Å². The van der Waals surface area contributed by atoms with Crippen LogP contribution in [0.1, 0.15) is 0 Å². The van der Waals surface area contributed by atoms with Crippen molar-refractivity contribution in [3.05, 3.63) is 65.0 Å². The van der Waals surface area contributed by atoms with E-state index in [9.17, 15) is 25.2 Å². The molecule has 1 saturated heterocycles. The van der Waals surface area contributed by atoms with E-state index >= 15 is 0 Å². The summed E-state index contributed by atoms with van der Waals surface area (Å²) in [5.41, 5.74) is 1.25.